The molecule has 2 heteroatoms. The zero-order chi connectivity index (χ0) is 21.7. The number of fused-ring (bicyclic) bond motifs is 1. The summed E-state index contributed by atoms with van der Waals surface area (Å²) in [5, 5.41) is 9.25. The molecule has 0 radical (unpaired) electrons. The van der Waals surface area contributed by atoms with Crippen LogP contribution in [0.1, 0.15) is 104 Å². The van der Waals surface area contributed by atoms with Crippen molar-refractivity contribution in [3.05, 3.63) is 75.4 Å². The number of benzene rings is 2. The smallest absolute Gasteiger partial charge is 0.335 e. The van der Waals surface area contributed by atoms with E-state index in [9.17, 15) is 9.90 Å². The Labute approximate surface area is 181 Å². The third kappa shape index (κ3) is 3.85. The van der Waals surface area contributed by atoms with E-state index in [1.807, 2.05) is 12.1 Å². The quantitative estimate of drug-likeness (QED) is 0.581. The predicted octanol–water partition coefficient (Wildman–Crippen LogP) is 7.39. The van der Waals surface area contributed by atoms with Gasteiger partial charge in [-0.05, 0) is 95.7 Å². The fourth-order valence-electron chi connectivity index (χ4n) is 5.45. The van der Waals surface area contributed by atoms with Crippen LogP contribution >= 0.6 is 0 Å². The van der Waals surface area contributed by atoms with Gasteiger partial charge in [-0.1, -0.05) is 63.6 Å². The number of carboxylic acids is 1. The molecule has 2 aliphatic rings. The Morgan fingerprint density at radius 1 is 1.03 bits per heavy atom. The maximum Gasteiger partial charge on any atom is 0.335 e. The molecule has 0 heterocycles. The number of rotatable bonds is 3. The van der Waals surface area contributed by atoms with E-state index in [2.05, 4.69) is 52.8 Å². The molecule has 0 amide bonds. The maximum atomic E-state index is 11.3. The average Bonchev–Trinajstić information content (AvgIpc) is 3.13. The van der Waals surface area contributed by atoms with Crippen molar-refractivity contribution in [2.24, 2.45) is 0 Å². The van der Waals surface area contributed by atoms with Crippen LogP contribution in [0.25, 0.3) is 6.08 Å². The van der Waals surface area contributed by atoms with Crippen molar-refractivity contribution in [1.82, 2.24) is 0 Å². The molecule has 0 aliphatic heterocycles. The minimum absolute atomic E-state index is 0.238. The minimum Gasteiger partial charge on any atom is -0.478 e. The van der Waals surface area contributed by atoms with Gasteiger partial charge in [-0.25, -0.2) is 4.79 Å². The summed E-state index contributed by atoms with van der Waals surface area (Å²) in [6.07, 6.45) is 8.03. The summed E-state index contributed by atoms with van der Waals surface area (Å²) < 4.78 is 0. The first-order valence-electron chi connectivity index (χ1n) is 11.3. The van der Waals surface area contributed by atoms with Crippen LogP contribution in [0.5, 0.6) is 0 Å². The zero-order valence-corrected chi connectivity index (χ0v) is 19.0. The molecule has 0 spiro atoms. The molecule has 2 aromatic rings. The summed E-state index contributed by atoms with van der Waals surface area (Å²) in [5.74, 6) is -0.306. The fraction of sp³-hybridized carbons (Fsp3) is 0.464. The first-order chi connectivity index (χ1) is 14.1. The van der Waals surface area contributed by atoms with Crippen molar-refractivity contribution in [2.45, 2.75) is 83.5 Å². The van der Waals surface area contributed by atoms with Gasteiger partial charge in [0, 0.05) is 0 Å². The number of carbonyl (C=O) groups is 1. The molecule has 158 valence electrons. The lowest BCUT2D eigenvalue weighted by Gasteiger charge is -2.42. The first kappa shape index (κ1) is 20.9. The lowest BCUT2D eigenvalue weighted by molar-refractivity contribution is 0.0697. The standard InChI is InChI=1S/C28H34O2/c1-18-13-24-25(28(4,5)12-11-27(24,2)3)17-23(18)21-10-9-20(15-21)14-19-7-6-8-22(16-19)26(29)30/h6-8,13-14,16-17,21H,9-12,15H2,1-5H3,(H,29,30)/b20-14+. The van der Waals surface area contributed by atoms with Crippen LogP contribution in [0, 0.1) is 6.92 Å². The van der Waals surface area contributed by atoms with Gasteiger partial charge >= 0.3 is 5.97 Å². The Balaban J connectivity index is 1.64. The van der Waals surface area contributed by atoms with Gasteiger partial charge in [0.25, 0.3) is 0 Å². The topological polar surface area (TPSA) is 37.3 Å². The van der Waals surface area contributed by atoms with Crippen LogP contribution in [0.3, 0.4) is 0 Å². The van der Waals surface area contributed by atoms with Crippen LogP contribution in [0.4, 0.5) is 0 Å². The molecule has 1 fully saturated rings. The summed E-state index contributed by atoms with van der Waals surface area (Å²) in [5.41, 5.74) is 9.31. The molecule has 2 aliphatic carbocycles. The third-order valence-corrected chi connectivity index (χ3v) is 7.51. The van der Waals surface area contributed by atoms with Crippen molar-refractivity contribution in [3.8, 4) is 0 Å². The van der Waals surface area contributed by atoms with Gasteiger partial charge in [-0.3, -0.25) is 0 Å². The summed E-state index contributed by atoms with van der Waals surface area (Å²) >= 11 is 0. The summed E-state index contributed by atoms with van der Waals surface area (Å²) in [6, 6.07) is 12.3. The van der Waals surface area contributed by atoms with E-state index < -0.39 is 5.97 Å². The highest BCUT2D eigenvalue weighted by Gasteiger charge is 2.38. The third-order valence-electron chi connectivity index (χ3n) is 7.51. The molecule has 30 heavy (non-hydrogen) atoms. The van der Waals surface area contributed by atoms with Gasteiger partial charge in [-0.2, -0.15) is 0 Å². The summed E-state index contributed by atoms with van der Waals surface area (Å²) in [6.45, 7) is 11.9. The lowest BCUT2D eigenvalue weighted by atomic mass is 9.62. The van der Waals surface area contributed by atoms with Crippen LogP contribution in [0.15, 0.2) is 42.0 Å². The Bertz CT molecular complexity index is 1020. The molecule has 1 saturated carbocycles. The van der Waals surface area contributed by atoms with Gasteiger partial charge in [-0.15, -0.1) is 0 Å². The van der Waals surface area contributed by atoms with Gasteiger partial charge in [0.1, 0.15) is 0 Å². The number of carboxylic acid groups (broad SMARTS) is 1. The SMILES string of the molecule is Cc1cc2c(cc1C1CC/C(=C\c3cccc(C(=O)O)c3)C1)C(C)(C)CCC2(C)C. The number of allylic oxidation sites excluding steroid dienone is 1. The predicted molar refractivity (Wildman–Crippen MR) is 124 cm³/mol. The van der Waals surface area contributed by atoms with Crippen molar-refractivity contribution in [3.63, 3.8) is 0 Å². The summed E-state index contributed by atoms with van der Waals surface area (Å²) in [7, 11) is 0. The molecule has 0 saturated heterocycles. The van der Waals surface area contributed by atoms with Gasteiger partial charge in [0.15, 0.2) is 0 Å². The van der Waals surface area contributed by atoms with Crippen molar-refractivity contribution in [1.29, 1.82) is 0 Å². The van der Waals surface area contributed by atoms with Gasteiger partial charge < -0.3 is 5.11 Å². The number of hydrogen-bond acceptors (Lipinski definition) is 1. The van der Waals surface area contributed by atoms with E-state index in [4.69, 9.17) is 0 Å². The molecule has 2 aromatic carbocycles. The Morgan fingerprint density at radius 2 is 1.70 bits per heavy atom. The van der Waals surface area contributed by atoms with Crippen LogP contribution in [-0.4, -0.2) is 11.1 Å². The van der Waals surface area contributed by atoms with E-state index in [0.717, 1.165) is 18.4 Å². The minimum atomic E-state index is -0.866. The fourth-order valence-corrected chi connectivity index (χ4v) is 5.45. The van der Waals surface area contributed by atoms with E-state index >= 15 is 0 Å². The molecule has 1 unspecified atom stereocenters. The molecule has 0 bridgehead atoms. The molecular formula is C28H34O2. The second kappa shape index (κ2) is 7.41. The molecular weight excluding hydrogens is 368 g/mol. The molecule has 4 rings (SSSR count). The van der Waals surface area contributed by atoms with Crippen LogP contribution in [-0.2, 0) is 10.8 Å². The highest BCUT2D eigenvalue weighted by molar-refractivity contribution is 5.88. The second-order valence-corrected chi connectivity index (χ2v) is 10.7. The molecule has 1 atom stereocenters. The number of aromatic carboxylic acids is 1. The highest BCUT2D eigenvalue weighted by Crippen LogP contribution is 2.49. The lowest BCUT2D eigenvalue weighted by Crippen LogP contribution is -2.34. The van der Waals surface area contributed by atoms with E-state index in [1.54, 1.807) is 23.3 Å². The Kier molecular flexibility index (Phi) is 5.16. The zero-order valence-electron chi connectivity index (χ0n) is 19.0. The number of hydrogen-bond donors (Lipinski definition) is 1. The Hall–Kier alpha value is -2.35. The van der Waals surface area contributed by atoms with Gasteiger partial charge in [0.2, 0.25) is 0 Å². The van der Waals surface area contributed by atoms with Crippen LogP contribution in [0.2, 0.25) is 0 Å². The largest absolute Gasteiger partial charge is 0.478 e. The highest BCUT2D eigenvalue weighted by atomic mass is 16.4. The van der Waals surface area contributed by atoms with Crippen molar-refractivity contribution >= 4 is 12.0 Å². The van der Waals surface area contributed by atoms with Crippen LogP contribution < -0.4 is 0 Å². The van der Waals surface area contributed by atoms with E-state index in [-0.39, 0.29) is 10.8 Å². The van der Waals surface area contributed by atoms with Gasteiger partial charge in [0.05, 0.1) is 5.56 Å². The Morgan fingerprint density at radius 3 is 2.37 bits per heavy atom. The second-order valence-electron chi connectivity index (χ2n) is 10.7. The maximum absolute atomic E-state index is 11.3. The van der Waals surface area contributed by atoms with E-state index in [1.165, 1.54) is 36.0 Å². The molecule has 0 aromatic heterocycles. The van der Waals surface area contributed by atoms with Crippen molar-refractivity contribution in [2.75, 3.05) is 0 Å². The molecule has 1 N–H and O–H groups in total. The molecule has 2 nitrogen and oxygen atoms in total. The summed E-state index contributed by atoms with van der Waals surface area (Å²) in [4.78, 5) is 11.3. The average molecular weight is 403 g/mol. The monoisotopic (exact) mass is 402 g/mol. The first-order valence-corrected chi connectivity index (χ1v) is 11.3. The van der Waals surface area contributed by atoms with E-state index in [0.29, 0.717) is 11.5 Å². The normalized spacial score (nSPS) is 23.4. The van der Waals surface area contributed by atoms with Crippen molar-refractivity contribution < 1.29 is 9.90 Å². The number of aryl methyl sites for hydroxylation is 1.